The molecule has 3 heterocycles. The first kappa shape index (κ1) is 55.3. The van der Waals surface area contributed by atoms with Gasteiger partial charge in [0.1, 0.15) is 19.3 Å². The van der Waals surface area contributed by atoms with Crippen molar-refractivity contribution < 1.29 is 67.0 Å². The summed E-state index contributed by atoms with van der Waals surface area (Å²) in [6.07, 6.45) is -0.380. The second-order valence-corrected chi connectivity index (χ2v) is 14.8. The topological polar surface area (TPSA) is 216 Å². The molecule has 0 radical (unpaired) electrons. The first-order valence-electron chi connectivity index (χ1n) is 19.9. The number of esters is 2. The number of allylic oxidation sites excluding steroid dienone is 1. The number of fused-ring (bicyclic) bond motifs is 1. The number of hydrogen-bond donors (Lipinski definition) is 3. The second kappa shape index (κ2) is 29.5. The number of Topliss-reactive ketones (excluding diaryl/α,β-unsaturated/α-hetero) is 1. The van der Waals surface area contributed by atoms with E-state index in [1.165, 1.54) is 20.8 Å². The van der Waals surface area contributed by atoms with Gasteiger partial charge in [0.05, 0.1) is 51.3 Å². The molecule has 0 aromatic rings. The maximum absolute atomic E-state index is 11.6. The highest BCUT2D eigenvalue weighted by molar-refractivity contribution is 5.94. The van der Waals surface area contributed by atoms with Crippen molar-refractivity contribution in [1.29, 1.82) is 0 Å². The summed E-state index contributed by atoms with van der Waals surface area (Å²) in [5.41, 5.74) is 1.04. The molecule has 17 nitrogen and oxygen atoms in total. The standard InChI is InChI=1S/C21H35NO7.C12H19NO4.C8H15NO3.CH4/c1-13(2)18(25)8-7-9-26-10-11-27-21-20(22-16(5)23)15(4)14(3)19(29-21)12-28-17(6)24;1-6-7(2)11-12(16-8(3)13-11)17-10(6)5-15-9(4)14;1-7(2)8(11)9-3-5-12-6-4-10;/h14-15,19-21H,1,7-12H2,2-6H3,(H,22,23);6-7,10-12H,5H2,1-4H3;10H,1,3-6H2,2H3,(H,9,11);1H4/t14-,15+,19?,20?,21-;6-,7+,10?,11?,12+;;/m11../s1. The minimum atomic E-state index is -0.667. The number of aliphatic hydroxyl groups excluding tert-OH is 1. The van der Waals surface area contributed by atoms with E-state index in [-0.39, 0.29) is 112 Å². The monoisotopic (exact) mass is 844 g/mol. The van der Waals surface area contributed by atoms with Crippen LogP contribution in [0.1, 0.15) is 89.5 Å². The summed E-state index contributed by atoms with van der Waals surface area (Å²) in [6, 6.07) is -0.247. The molecule has 3 rings (SSSR count). The number of ether oxygens (including phenoxy) is 8. The third-order valence-corrected chi connectivity index (χ3v) is 9.85. The van der Waals surface area contributed by atoms with Gasteiger partial charge in [-0.05, 0) is 49.5 Å². The fraction of sp³-hybridized carbons (Fsp3) is 0.762. The van der Waals surface area contributed by atoms with Crippen molar-refractivity contribution in [3.05, 3.63) is 24.3 Å². The molecule has 0 aliphatic carbocycles. The van der Waals surface area contributed by atoms with Crippen LogP contribution in [0.4, 0.5) is 0 Å². The lowest BCUT2D eigenvalue weighted by atomic mass is 9.82. The van der Waals surface area contributed by atoms with Crippen LogP contribution in [0.3, 0.4) is 0 Å². The molecule has 2 amide bonds. The van der Waals surface area contributed by atoms with Crippen molar-refractivity contribution in [2.24, 2.45) is 28.7 Å². The van der Waals surface area contributed by atoms with Crippen LogP contribution in [0, 0.1) is 23.7 Å². The first-order chi connectivity index (χ1) is 27.3. The van der Waals surface area contributed by atoms with Gasteiger partial charge in [-0.3, -0.25) is 24.0 Å². The predicted octanol–water partition coefficient (Wildman–Crippen LogP) is 3.70. The fourth-order valence-corrected chi connectivity index (χ4v) is 6.04. The van der Waals surface area contributed by atoms with Gasteiger partial charge in [0, 0.05) is 52.8 Å². The molecule has 10 atom stereocenters. The molecule has 3 N–H and O–H groups in total. The third kappa shape index (κ3) is 21.4. The van der Waals surface area contributed by atoms with E-state index < -0.39 is 6.29 Å². The molecule has 3 aliphatic rings. The average Bonchev–Trinajstić information content (AvgIpc) is 3.54. The number of rotatable bonds is 20. The Morgan fingerprint density at radius 1 is 0.763 bits per heavy atom. The molecule has 2 saturated heterocycles. The van der Waals surface area contributed by atoms with Crippen LogP contribution >= 0.6 is 0 Å². The zero-order chi connectivity index (χ0) is 43.9. The Morgan fingerprint density at radius 2 is 1.34 bits per heavy atom. The Bertz CT molecular complexity index is 1370. The summed E-state index contributed by atoms with van der Waals surface area (Å²) in [7, 11) is 0. The van der Waals surface area contributed by atoms with E-state index >= 15 is 0 Å². The summed E-state index contributed by atoms with van der Waals surface area (Å²) in [5.74, 6) is 0.503. The highest BCUT2D eigenvalue weighted by atomic mass is 16.7. The van der Waals surface area contributed by atoms with Gasteiger partial charge in [0.2, 0.25) is 18.1 Å². The van der Waals surface area contributed by atoms with Gasteiger partial charge in [-0.1, -0.05) is 48.3 Å². The van der Waals surface area contributed by atoms with Gasteiger partial charge >= 0.3 is 11.9 Å². The van der Waals surface area contributed by atoms with Crippen molar-refractivity contribution in [3.8, 4) is 0 Å². The lowest BCUT2D eigenvalue weighted by Gasteiger charge is -2.44. The van der Waals surface area contributed by atoms with Gasteiger partial charge in [-0.25, -0.2) is 4.99 Å². The highest BCUT2D eigenvalue weighted by Crippen LogP contribution is 2.36. The maximum atomic E-state index is 11.6. The molecule has 0 spiro atoms. The molecule has 17 heteroatoms. The minimum absolute atomic E-state index is 0. The lowest BCUT2D eigenvalue weighted by Crippen LogP contribution is -2.58. The predicted molar refractivity (Wildman–Crippen MR) is 221 cm³/mol. The largest absolute Gasteiger partial charge is 0.463 e. The number of amides is 2. The highest BCUT2D eigenvalue weighted by Gasteiger charge is 2.46. The van der Waals surface area contributed by atoms with E-state index in [0.29, 0.717) is 68.8 Å². The molecule has 0 bridgehead atoms. The van der Waals surface area contributed by atoms with E-state index in [9.17, 15) is 24.0 Å². The Kier molecular flexibility index (Phi) is 27.6. The quantitative estimate of drug-likeness (QED) is 0.0906. The number of aliphatic hydroxyl groups is 1. The van der Waals surface area contributed by atoms with Crippen molar-refractivity contribution in [2.75, 3.05) is 59.4 Å². The zero-order valence-electron chi connectivity index (χ0n) is 36.2. The van der Waals surface area contributed by atoms with E-state index in [4.69, 9.17) is 43.0 Å². The molecule has 0 aromatic carbocycles. The number of aliphatic imine (C=N–C) groups is 1. The molecule has 0 saturated carbocycles. The molecule has 0 aromatic heterocycles. The third-order valence-electron chi connectivity index (χ3n) is 9.85. The Morgan fingerprint density at radius 3 is 1.88 bits per heavy atom. The number of hydrogen-bond acceptors (Lipinski definition) is 15. The minimum Gasteiger partial charge on any atom is -0.463 e. The smallest absolute Gasteiger partial charge is 0.302 e. The summed E-state index contributed by atoms with van der Waals surface area (Å²) >= 11 is 0. The van der Waals surface area contributed by atoms with Crippen molar-refractivity contribution in [1.82, 2.24) is 10.6 Å². The number of nitrogens with zero attached hydrogens (tertiary/aromatic N) is 1. The van der Waals surface area contributed by atoms with Crippen LogP contribution in [-0.4, -0.2) is 137 Å². The molecule has 59 heavy (non-hydrogen) atoms. The summed E-state index contributed by atoms with van der Waals surface area (Å²) in [4.78, 5) is 60.3. The van der Waals surface area contributed by atoms with Gasteiger partial charge in [0.15, 0.2) is 18.0 Å². The SMILES string of the molecule is C.C=C(C)C(=O)CCCOCCO[C@@H]1OC(COC(C)=O)[C@H](C)[C@H](C)C1NC(C)=O.C=C(C)C(=O)NCCOCCO.CC(=O)OCC1O[C@@H]2OC(C)=NC2[C@@H](C)[C@H]1C. The summed E-state index contributed by atoms with van der Waals surface area (Å²) in [6.45, 7) is 27.4. The van der Waals surface area contributed by atoms with Crippen LogP contribution in [0.25, 0.3) is 0 Å². The second-order valence-electron chi connectivity index (χ2n) is 14.8. The Labute approximate surface area is 351 Å². The van der Waals surface area contributed by atoms with Gasteiger partial charge in [-0.2, -0.15) is 0 Å². The number of nitrogens with one attached hydrogen (secondary N) is 2. The normalized spacial score (nSPS) is 26.6. The average molecular weight is 844 g/mol. The summed E-state index contributed by atoms with van der Waals surface area (Å²) in [5, 5.41) is 13.8. The van der Waals surface area contributed by atoms with Gasteiger partial charge < -0.3 is 53.6 Å². The van der Waals surface area contributed by atoms with Crippen LogP contribution in [0.2, 0.25) is 0 Å². The van der Waals surface area contributed by atoms with Crippen LogP contribution in [-0.2, 0) is 61.9 Å². The number of carbonyl (C=O) groups excluding carboxylic acids is 5. The molecule has 340 valence electrons. The molecular formula is C42H73N3O14. The molecule has 3 aliphatic heterocycles. The van der Waals surface area contributed by atoms with Crippen molar-refractivity contribution in [2.45, 2.75) is 126 Å². The van der Waals surface area contributed by atoms with Gasteiger partial charge in [0.25, 0.3) is 0 Å². The fourth-order valence-electron chi connectivity index (χ4n) is 6.04. The lowest BCUT2D eigenvalue weighted by molar-refractivity contribution is -0.246. The van der Waals surface area contributed by atoms with Crippen LogP contribution in [0.15, 0.2) is 29.3 Å². The number of carbonyl (C=O) groups is 5. The van der Waals surface area contributed by atoms with Gasteiger partial charge in [-0.15, -0.1) is 0 Å². The molecule has 2 fully saturated rings. The van der Waals surface area contributed by atoms with E-state index in [0.717, 1.165) is 0 Å². The Balaban J connectivity index is 0.000000945. The van der Waals surface area contributed by atoms with Crippen molar-refractivity contribution >= 4 is 35.4 Å². The first-order valence-corrected chi connectivity index (χ1v) is 19.9. The van der Waals surface area contributed by atoms with E-state index in [2.05, 4.69) is 42.6 Å². The number of ketones is 1. The maximum Gasteiger partial charge on any atom is 0.302 e. The molecule has 4 unspecified atom stereocenters. The van der Waals surface area contributed by atoms with Crippen molar-refractivity contribution in [3.63, 3.8) is 0 Å². The Hall–Kier alpha value is -3.74. The van der Waals surface area contributed by atoms with Crippen LogP contribution in [0.5, 0.6) is 0 Å². The summed E-state index contributed by atoms with van der Waals surface area (Å²) < 4.78 is 43.7. The van der Waals surface area contributed by atoms with E-state index in [1.807, 2.05) is 20.8 Å². The van der Waals surface area contributed by atoms with E-state index in [1.54, 1.807) is 13.8 Å². The molecular weight excluding hydrogens is 770 g/mol. The zero-order valence-corrected chi connectivity index (χ0v) is 36.2. The van der Waals surface area contributed by atoms with Crippen LogP contribution < -0.4 is 10.6 Å².